The Kier molecular flexibility index (Phi) is 3.79. The molecule has 0 amide bonds. The summed E-state index contributed by atoms with van der Waals surface area (Å²) in [5.74, 6) is 0. The fourth-order valence-corrected chi connectivity index (χ4v) is 0.605. The van der Waals surface area contributed by atoms with Crippen LogP contribution in [0.25, 0.3) is 0 Å². The van der Waals surface area contributed by atoms with E-state index in [1.165, 1.54) is 0 Å². The van der Waals surface area contributed by atoms with E-state index in [4.69, 9.17) is 0 Å². The summed E-state index contributed by atoms with van der Waals surface area (Å²) < 4.78 is 12.1. The maximum absolute atomic E-state index is 12.1. The lowest BCUT2D eigenvalue weighted by molar-refractivity contribution is 0.312. The molecule has 2 atom stereocenters. The second-order valence-corrected chi connectivity index (χ2v) is 2.21. The van der Waals surface area contributed by atoms with Crippen molar-refractivity contribution in [3.8, 4) is 0 Å². The standard InChI is InChI=1S/C6H14FN/c1-5(7)4-6(2)8-3/h5-6,8H,4H2,1-3H3. The Balaban J connectivity index is 3.10. The Morgan fingerprint density at radius 1 is 1.50 bits per heavy atom. The topological polar surface area (TPSA) is 12.0 Å². The van der Waals surface area contributed by atoms with Crippen LogP contribution in [0.1, 0.15) is 20.3 Å². The minimum absolute atomic E-state index is 0.301. The van der Waals surface area contributed by atoms with Crippen molar-refractivity contribution in [3.63, 3.8) is 0 Å². The molecule has 0 heterocycles. The molecule has 0 spiro atoms. The third-order valence-electron chi connectivity index (χ3n) is 1.17. The number of nitrogens with one attached hydrogen (secondary N) is 1. The first-order valence-electron chi connectivity index (χ1n) is 2.98. The molecule has 8 heavy (non-hydrogen) atoms. The first-order valence-corrected chi connectivity index (χ1v) is 2.98. The fourth-order valence-electron chi connectivity index (χ4n) is 0.605. The van der Waals surface area contributed by atoms with Crippen LogP contribution in [-0.2, 0) is 0 Å². The summed E-state index contributed by atoms with van der Waals surface area (Å²) in [5.41, 5.74) is 0. The van der Waals surface area contributed by atoms with Gasteiger partial charge < -0.3 is 5.32 Å². The quantitative estimate of drug-likeness (QED) is 0.591. The second kappa shape index (κ2) is 3.84. The summed E-state index contributed by atoms with van der Waals surface area (Å²) in [4.78, 5) is 0. The smallest absolute Gasteiger partial charge is 0.0988 e. The van der Waals surface area contributed by atoms with Gasteiger partial charge in [0, 0.05) is 6.04 Å². The van der Waals surface area contributed by atoms with E-state index in [1.807, 2.05) is 14.0 Å². The predicted octanol–water partition coefficient (Wildman–Crippen LogP) is 1.34. The predicted molar refractivity (Wildman–Crippen MR) is 33.7 cm³/mol. The normalized spacial score (nSPS) is 18.0. The summed E-state index contributed by atoms with van der Waals surface area (Å²) in [6.07, 6.45) is -0.0753. The van der Waals surface area contributed by atoms with E-state index in [2.05, 4.69) is 5.32 Å². The number of halogens is 1. The molecule has 1 nitrogen and oxygen atoms in total. The summed E-state index contributed by atoms with van der Waals surface area (Å²) >= 11 is 0. The highest BCUT2D eigenvalue weighted by Crippen LogP contribution is 1.98. The highest BCUT2D eigenvalue weighted by Gasteiger charge is 2.02. The maximum Gasteiger partial charge on any atom is 0.0988 e. The van der Waals surface area contributed by atoms with Gasteiger partial charge in [0.05, 0.1) is 6.17 Å². The van der Waals surface area contributed by atoms with Gasteiger partial charge in [-0.2, -0.15) is 0 Å². The molecule has 2 unspecified atom stereocenters. The molecule has 0 rings (SSSR count). The van der Waals surface area contributed by atoms with Gasteiger partial charge in [-0.05, 0) is 27.3 Å². The zero-order chi connectivity index (χ0) is 6.57. The molecule has 50 valence electrons. The van der Waals surface area contributed by atoms with Crippen LogP contribution in [-0.4, -0.2) is 19.3 Å². The largest absolute Gasteiger partial charge is 0.317 e. The van der Waals surface area contributed by atoms with E-state index in [-0.39, 0.29) is 0 Å². The van der Waals surface area contributed by atoms with Crippen molar-refractivity contribution < 1.29 is 4.39 Å². The van der Waals surface area contributed by atoms with E-state index in [0.717, 1.165) is 0 Å². The zero-order valence-electron chi connectivity index (χ0n) is 5.74. The summed E-state index contributed by atoms with van der Waals surface area (Å²) in [7, 11) is 1.84. The molecule has 0 fully saturated rings. The third-order valence-corrected chi connectivity index (χ3v) is 1.17. The lowest BCUT2D eigenvalue weighted by atomic mass is 10.2. The maximum atomic E-state index is 12.1. The average Bonchev–Trinajstić information content (AvgIpc) is 1.65. The van der Waals surface area contributed by atoms with Gasteiger partial charge in [0.1, 0.15) is 0 Å². The van der Waals surface area contributed by atoms with Crippen LogP contribution < -0.4 is 5.32 Å². The average molecular weight is 119 g/mol. The number of hydrogen-bond acceptors (Lipinski definition) is 1. The van der Waals surface area contributed by atoms with Crippen molar-refractivity contribution >= 4 is 0 Å². The Hall–Kier alpha value is -0.110. The molecule has 0 saturated heterocycles. The number of rotatable bonds is 3. The van der Waals surface area contributed by atoms with Gasteiger partial charge in [0.25, 0.3) is 0 Å². The summed E-state index contributed by atoms with van der Waals surface area (Å²) in [6.45, 7) is 3.55. The first-order chi connectivity index (χ1) is 3.66. The number of hydrogen-bond donors (Lipinski definition) is 1. The van der Waals surface area contributed by atoms with Crippen molar-refractivity contribution in [1.29, 1.82) is 0 Å². The van der Waals surface area contributed by atoms with Crippen LogP contribution in [0.5, 0.6) is 0 Å². The van der Waals surface area contributed by atoms with Crippen molar-refractivity contribution in [2.45, 2.75) is 32.5 Å². The van der Waals surface area contributed by atoms with Crippen molar-refractivity contribution in [1.82, 2.24) is 5.32 Å². The van der Waals surface area contributed by atoms with Crippen molar-refractivity contribution in [2.75, 3.05) is 7.05 Å². The van der Waals surface area contributed by atoms with Gasteiger partial charge in [-0.3, -0.25) is 0 Å². The van der Waals surface area contributed by atoms with Gasteiger partial charge in [-0.1, -0.05) is 0 Å². The SMILES string of the molecule is CNC(C)CC(C)F. The monoisotopic (exact) mass is 119 g/mol. The van der Waals surface area contributed by atoms with E-state index >= 15 is 0 Å². The Bertz CT molecular complexity index is 54.5. The zero-order valence-corrected chi connectivity index (χ0v) is 5.74. The number of alkyl halides is 1. The van der Waals surface area contributed by atoms with E-state index < -0.39 is 6.17 Å². The van der Waals surface area contributed by atoms with Crippen molar-refractivity contribution in [3.05, 3.63) is 0 Å². The van der Waals surface area contributed by atoms with Gasteiger partial charge in [0.2, 0.25) is 0 Å². The molecule has 0 radical (unpaired) electrons. The Morgan fingerprint density at radius 2 is 2.00 bits per heavy atom. The molecular weight excluding hydrogens is 105 g/mol. The van der Waals surface area contributed by atoms with Crippen LogP contribution in [0.2, 0.25) is 0 Å². The molecule has 0 aliphatic carbocycles. The molecule has 0 bridgehead atoms. The van der Waals surface area contributed by atoms with Gasteiger partial charge >= 0.3 is 0 Å². The van der Waals surface area contributed by atoms with Crippen LogP contribution in [0, 0.1) is 0 Å². The van der Waals surface area contributed by atoms with Crippen LogP contribution in [0.4, 0.5) is 4.39 Å². The van der Waals surface area contributed by atoms with Gasteiger partial charge in [0.15, 0.2) is 0 Å². The molecule has 0 aliphatic rings. The fraction of sp³-hybridized carbons (Fsp3) is 1.00. The molecule has 0 aliphatic heterocycles. The van der Waals surface area contributed by atoms with Crippen LogP contribution in [0.15, 0.2) is 0 Å². The summed E-state index contributed by atoms with van der Waals surface area (Å²) in [5, 5.41) is 2.96. The highest BCUT2D eigenvalue weighted by atomic mass is 19.1. The lowest BCUT2D eigenvalue weighted by Gasteiger charge is -2.09. The molecular formula is C6H14FN. The van der Waals surface area contributed by atoms with Crippen LogP contribution in [0.3, 0.4) is 0 Å². The molecule has 0 aromatic rings. The minimum atomic E-state index is -0.683. The molecule has 0 saturated carbocycles. The first kappa shape index (κ1) is 7.89. The Morgan fingerprint density at radius 3 is 2.12 bits per heavy atom. The van der Waals surface area contributed by atoms with Crippen LogP contribution >= 0.6 is 0 Å². The third kappa shape index (κ3) is 4.06. The molecule has 1 N–H and O–H groups in total. The minimum Gasteiger partial charge on any atom is -0.317 e. The molecule has 0 aromatic heterocycles. The Labute approximate surface area is 50.3 Å². The second-order valence-electron chi connectivity index (χ2n) is 2.21. The molecule has 0 aromatic carbocycles. The lowest BCUT2D eigenvalue weighted by Crippen LogP contribution is -2.23. The summed E-state index contributed by atoms with van der Waals surface area (Å²) in [6, 6.07) is 0.301. The molecule has 2 heteroatoms. The van der Waals surface area contributed by atoms with Gasteiger partial charge in [-0.15, -0.1) is 0 Å². The van der Waals surface area contributed by atoms with E-state index in [1.54, 1.807) is 6.92 Å². The van der Waals surface area contributed by atoms with E-state index in [9.17, 15) is 4.39 Å². The highest BCUT2D eigenvalue weighted by molar-refractivity contribution is 4.60. The van der Waals surface area contributed by atoms with Gasteiger partial charge in [-0.25, -0.2) is 4.39 Å². The van der Waals surface area contributed by atoms with Crippen molar-refractivity contribution in [2.24, 2.45) is 0 Å². The van der Waals surface area contributed by atoms with E-state index in [0.29, 0.717) is 12.5 Å².